The van der Waals surface area contributed by atoms with Gasteiger partial charge in [0, 0.05) is 24.5 Å². The number of unbranched alkanes of at least 4 members (excludes halogenated alkanes) is 2. The fraction of sp³-hybridized carbons (Fsp3) is 0.929. The maximum absolute atomic E-state index is 11.8. The van der Waals surface area contributed by atoms with Crippen LogP contribution in [-0.2, 0) is 9.53 Å². The molecule has 4 heteroatoms. The van der Waals surface area contributed by atoms with Gasteiger partial charge in [0.25, 0.3) is 0 Å². The average molecular weight is 256 g/mol. The van der Waals surface area contributed by atoms with Crippen molar-refractivity contribution in [3.63, 3.8) is 0 Å². The summed E-state index contributed by atoms with van der Waals surface area (Å²) in [5, 5.41) is 3.12. The Morgan fingerprint density at radius 1 is 1.39 bits per heavy atom. The molecule has 0 heterocycles. The van der Waals surface area contributed by atoms with Crippen LogP contribution in [0.15, 0.2) is 0 Å². The minimum Gasteiger partial charge on any atom is -0.378 e. The number of rotatable bonds is 8. The number of ether oxygens (including phenoxy) is 1. The third-order valence-electron chi connectivity index (χ3n) is 3.99. The van der Waals surface area contributed by atoms with Gasteiger partial charge in [0.2, 0.25) is 5.91 Å². The van der Waals surface area contributed by atoms with Gasteiger partial charge < -0.3 is 15.8 Å². The van der Waals surface area contributed by atoms with Crippen LogP contribution >= 0.6 is 0 Å². The standard InChI is InChI=1S/C14H28N2O2/c1-4-18-12-10-11(14(12,2)3)16-13(17)8-6-5-7-9-15/h11-12H,4-10,15H2,1-3H3,(H,16,17). The molecule has 1 rings (SSSR count). The Balaban J connectivity index is 2.21. The van der Waals surface area contributed by atoms with E-state index in [0.717, 1.165) is 32.3 Å². The highest BCUT2D eigenvalue weighted by Gasteiger charge is 2.49. The molecule has 0 aliphatic heterocycles. The van der Waals surface area contributed by atoms with Crippen LogP contribution in [0.4, 0.5) is 0 Å². The molecule has 106 valence electrons. The van der Waals surface area contributed by atoms with Crippen molar-refractivity contribution < 1.29 is 9.53 Å². The van der Waals surface area contributed by atoms with Crippen molar-refractivity contribution in [1.82, 2.24) is 5.32 Å². The lowest BCUT2D eigenvalue weighted by atomic mass is 9.64. The molecule has 18 heavy (non-hydrogen) atoms. The summed E-state index contributed by atoms with van der Waals surface area (Å²) in [5.74, 6) is 0.167. The molecule has 0 aromatic carbocycles. The summed E-state index contributed by atoms with van der Waals surface area (Å²) in [5.41, 5.74) is 5.48. The zero-order chi connectivity index (χ0) is 13.6. The van der Waals surface area contributed by atoms with Crippen molar-refractivity contribution in [2.24, 2.45) is 11.1 Å². The van der Waals surface area contributed by atoms with E-state index >= 15 is 0 Å². The van der Waals surface area contributed by atoms with Crippen molar-refractivity contribution in [3.8, 4) is 0 Å². The van der Waals surface area contributed by atoms with E-state index in [-0.39, 0.29) is 23.5 Å². The predicted octanol–water partition coefficient (Wildman–Crippen LogP) is 1.83. The van der Waals surface area contributed by atoms with Crippen LogP contribution in [0.25, 0.3) is 0 Å². The molecule has 0 saturated heterocycles. The first-order valence-electron chi connectivity index (χ1n) is 7.13. The highest BCUT2D eigenvalue weighted by atomic mass is 16.5. The molecule has 1 amide bonds. The minimum absolute atomic E-state index is 0.0585. The smallest absolute Gasteiger partial charge is 0.220 e. The van der Waals surface area contributed by atoms with Crippen molar-refractivity contribution in [3.05, 3.63) is 0 Å². The monoisotopic (exact) mass is 256 g/mol. The van der Waals surface area contributed by atoms with E-state index in [9.17, 15) is 4.79 Å². The van der Waals surface area contributed by atoms with Gasteiger partial charge in [-0.05, 0) is 32.7 Å². The molecule has 1 saturated carbocycles. The van der Waals surface area contributed by atoms with E-state index in [1.807, 2.05) is 6.92 Å². The summed E-state index contributed by atoms with van der Waals surface area (Å²) < 4.78 is 5.65. The summed E-state index contributed by atoms with van der Waals surface area (Å²) in [6.45, 7) is 7.80. The largest absolute Gasteiger partial charge is 0.378 e. The molecule has 1 aliphatic carbocycles. The second-order valence-corrected chi connectivity index (χ2v) is 5.72. The average Bonchev–Trinajstić information content (AvgIpc) is 2.33. The first kappa shape index (κ1) is 15.4. The third kappa shape index (κ3) is 3.95. The van der Waals surface area contributed by atoms with Crippen LogP contribution in [-0.4, -0.2) is 31.2 Å². The van der Waals surface area contributed by atoms with Gasteiger partial charge in [-0.1, -0.05) is 20.3 Å². The summed E-state index contributed by atoms with van der Waals surface area (Å²) >= 11 is 0. The maximum atomic E-state index is 11.8. The molecule has 0 bridgehead atoms. The van der Waals surface area contributed by atoms with Crippen LogP contribution in [0, 0.1) is 5.41 Å². The molecule has 2 unspecified atom stereocenters. The first-order chi connectivity index (χ1) is 8.52. The van der Waals surface area contributed by atoms with E-state index in [0.29, 0.717) is 13.0 Å². The van der Waals surface area contributed by atoms with Gasteiger partial charge >= 0.3 is 0 Å². The first-order valence-corrected chi connectivity index (χ1v) is 7.13. The number of nitrogens with two attached hydrogens (primary N) is 1. The summed E-state index contributed by atoms with van der Waals surface area (Å²) in [6.07, 6.45) is 4.82. The molecular weight excluding hydrogens is 228 g/mol. The van der Waals surface area contributed by atoms with Crippen molar-refractivity contribution in [2.45, 2.75) is 65.0 Å². The molecule has 0 radical (unpaired) electrons. The Hall–Kier alpha value is -0.610. The Labute approximate surface area is 111 Å². The molecule has 2 atom stereocenters. The number of carbonyl (C=O) groups is 1. The van der Waals surface area contributed by atoms with E-state index in [1.54, 1.807) is 0 Å². The molecule has 3 N–H and O–H groups in total. The van der Waals surface area contributed by atoms with Crippen LogP contribution in [0.5, 0.6) is 0 Å². The van der Waals surface area contributed by atoms with Crippen molar-refractivity contribution in [1.29, 1.82) is 0 Å². The van der Waals surface area contributed by atoms with E-state index < -0.39 is 0 Å². The second kappa shape index (κ2) is 7.10. The predicted molar refractivity (Wildman–Crippen MR) is 73.3 cm³/mol. The summed E-state index contributed by atoms with van der Waals surface area (Å²) in [4.78, 5) is 11.8. The lowest BCUT2D eigenvalue weighted by Crippen LogP contribution is -2.62. The third-order valence-corrected chi connectivity index (χ3v) is 3.99. The Morgan fingerprint density at radius 3 is 2.67 bits per heavy atom. The van der Waals surface area contributed by atoms with Crippen LogP contribution in [0.1, 0.15) is 52.9 Å². The van der Waals surface area contributed by atoms with Crippen molar-refractivity contribution >= 4 is 5.91 Å². The molecule has 1 fully saturated rings. The lowest BCUT2D eigenvalue weighted by Gasteiger charge is -2.51. The summed E-state index contributed by atoms with van der Waals surface area (Å²) in [6, 6.07) is 0.260. The molecule has 0 aromatic rings. The molecule has 0 aromatic heterocycles. The Kier molecular flexibility index (Phi) is 6.09. The molecular formula is C14H28N2O2. The molecule has 4 nitrogen and oxygen atoms in total. The van der Waals surface area contributed by atoms with Gasteiger partial charge in [-0.3, -0.25) is 4.79 Å². The van der Waals surface area contributed by atoms with E-state index in [2.05, 4.69) is 19.2 Å². The number of carbonyl (C=O) groups excluding carboxylic acids is 1. The van der Waals surface area contributed by atoms with Gasteiger partial charge in [-0.25, -0.2) is 0 Å². The van der Waals surface area contributed by atoms with Crippen LogP contribution in [0.3, 0.4) is 0 Å². The second-order valence-electron chi connectivity index (χ2n) is 5.72. The maximum Gasteiger partial charge on any atom is 0.220 e. The van der Waals surface area contributed by atoms with Gasteiger partial charge in [0.1, 0.15) is 0 Å². The number of amides is 1. The highest BCUT2D eigenvalue weighted by Crippen LogP contribution is 2.42. The van der Waals surface area contributed by atoms with Crippen molar-refractivity contribution in [2.75, 3.05) is 13.2 Å². The zero-order valence-electron chi connectivity index (χ0n) is 12.0. The molecule has 1 aliphatic rings. The topological polar surface area (TPSA) is 64.3 Å². The number of nitrogens with one attached hydrogen (secondary N) is 1. The Bertz CT molecular complexity index is 267. The SMILES string of the molecule is CCOC1CC(NC(=O)CCCCCN)C1(C)C. The minimum atomic E-state index is 0.0585. The normalized spacial score (nSPS) is 25.6. The fourth-order valence-corrected chi connectivity index (χ4v) is 2.49. The fourth-order valence-electron chi connectivity index (χ4n) is 2.49. The Morgan fingerprint density at radius 2 is 2.11 bits per heavy atom. The number of hydrogen-bond donors (Lipinski definition) is 2. The summed E-state index contributed by atoms with van der Waals surface area (Å²) in [7, 11) is 0. The number of hydrogen-bond acceptors (Lipinski definition) is 3. The molecule has 0 spiro atoms. The lowest BCUT2D eigenvalue weighted by molar-refractivity contribution is -0.136. The van der Waals surface area contributed by atoms with Gasteiger partial charge in [0.05, 0.1) is 6.10 Å². The van der Waals surface area contributed by atoms with E-state index in [1.165, 1.54) is 0 Å². The highest BCUT2D eigenvalue weighted by molar-refractivity contribution is 5.76. The van der Waals surface area contributed by atoms with Gasteiger partial charge in [-0.15, -0.1) is 0 Å². The zero-order valence-corrected chi connectivity index (χ0v) is 12.0. The van der Waals surface area contributed by atoms with Gasteiger partial charge in [-0.2, -0.15) is 0 Å². The quantitative estimate of drug-likeness (QED) is 0.651. The van der Waals surface area contributed by atoms with Crippen LogP contribution in [0.2, 0.25) is 0 Å². The van der Waals surface area contributed by atoms with E-state index in [4.69, 9.17) is 10.5 Å². The van der Waals surface area contributed by atoms with Gasteiger partial charge in [0.15, 0.2) is 0 Å². The van der Waals surface area contributed by atoms with Crippen LogP contribution < -0.4 is 11.1 Å².